The molecule has 0 aromatic carbocycles. The summed E-state index contributed by atoms with van der Waals surface area (Å²) in [6, 6.07) is 2.05. The van der Waals surface area contributed by atoms with E-state index in [1.54, 1.807) is 11.8 Å². The molecule has 0 aliphatic carbocycles. The summed E-state index contributed by atoms with van der Waals surface area (Å²) in [6.45, 7) is 6.47. The van der Waals surface area contributed by atoms with Crippen molar-refractivity contribution in [2.75, 3.05) is 31.7 Å². The average molecular weight is 290 g/mol. The molecule has 6 heteroatoms. The predicted octanol–water partition coefficient (Wildman–Crippen LogP) is 1.60. The van der Waals surface area contributed by atoms with Gasteiger partial charge in [-0.3, -0.25) is 4.68 Å². The Labute approximate surface area is 124 Å². The maximum absolute atomic E-state index is 6.08. The number of methoxy groups -OCH3 is 1. The molecule has 1 saturated heterocycles. The first kappa shape index (κ1) is 14.3. The number of hydrogen-bond donors (Lipinski definition) is 0. The molecule has 1 atom stereocenters. The van der Waals surface area contributed by atoms with Crippen molar-refractivity contribution in [2.45, 2.75) is 25.6 Å². The van der Waals surface area contributed by atoms with Crippen LogP contribution in [0.2, 0.25) is 0 Å². The summed E-state index contributed by atoms with van der Waals surface area (Å²) < 4.78 is 13.2. The van der Waals surface area contributed by atoms with Crippen LogP contribution in [0.4, 0.5) is 5.69 Å². The van der Waals surface area contributed by atoms with E-state index in [2.05, 4.69) is 34.9 Å². The molecule has 0 bridgehead atoms. The first-order valence-corrected chi connectivity index (χ1v) is 7.18. The van der Waals surface area contributed by atoms with Gasteiger partial charge in [-0.05, 0) is 19.9 Å². The monoisotopic (exact) mass is 290 g/mol. The summed E-state index contributed by atoms with van der Waals surface area (Å²) in [7, 11) is 3.62. The van der Waals surface area contributed by atoms with E-state index >= 15 is 0 Å². The van der Waals surface area contributed by atoms with Crippen molar-refractivity contribution in [3.05, 3.63) is 18.5 Å². The van der Waals surface area contributed by atoms with E-state index in [1.807, 2.05) is 19.4 Å². The minimum atomic E-state index is -0.209. The molecule has 0 spiro atoms. The van der Waals surface area contributed by atoms with Crippen molar-refractivity contribution < 1.29 is 9.47 Å². The first-order chi connectivity index (χ1) is 10.00. The SMILES string of the molecule is COC[C@H]1CN(c2ccnc3c2cnn3C)CC(C)(C)O1. The van der Waals surface area contributed by atoms with Gasteiger partial charge in [-0.25, -0.2) is 4.98 Å². The van der Waals surface area contributed by atoms with Crippen molar-refractivity contribution in [3.8, 4) is 0 Å². The second-order valence-corrected chi connectivity index (χ2v) is 6.17. The third-order valence-electron chi connectivity index (χ3n) is 3.79. The summed E-state index contributed by atoms with van der Waals surface area (Å²) in [5, 5.41) is 5.39. The molecule has 21 heavy (non-hydrogen) atoms. The van der Waals surface area contributed by atoms with Crippen LogP contribution in [-0.4, -0.2) is 53.3 Å². The fraction of sp³-hybridized carbons (Fsp3) is 0.600. The zero-order valence-corrected chi connectivity index (χ0v) is 13.0. The summed E-state index contributed by atoms with van der Waals surface area (Å²) in [5.41, 5.74) is 1.85. The number of morpholine rings is 1. The summed E-state index contributed by atoms with van der Waals surface area (Å²) in [5.74, 6) is 0. The maximum Gasteiger partial charge on any atom is 0.159 e. The van der Waals surface area contributed by atoms with E-state index < -0.39 is 0 Å². The van der Waals surface area contributed by atoms with E-state index in [0.717, 1.165) is 29.8 Å². The third-order valence-corrected chi connectivity index (χ3v) is 3.79. The van der Waals surface area contributed by atoms with Crippen molar-refractivity contribution in [2.24, 2.45) is 7.05 Å². The Morgan fingerprint density at radius 1 is 1.48 bits per heavy atom. The quantitative estimate of drug-likeness (QED) is 0.859. The Morgan fingerprint density at radius 3 is 3.05 bits per heavy atom. The van der Waals surface area contributed by atoms with E-state index in [-0.39, 0.29) is 11.7 Å². The highest BCUT2D eigenvalue weighted by atomic mass is 16.5. The van der Waals surface area contributed by atoms with Gasteiger partial charge in [0.05, 0.1) is 35.6 Å². The molecule has 0 amide bonds. The number of hydrogen-bond acceptors (Lipinski definition) is 5. The van der Waals surface area contributed by atoms with Gasteiger partial charge in [0.25, 0.3) is 0 Å². The zero-order valence-electron chi connectivity index (χ0n) is 13.0. The molecule has 2 aromatic heterocycles. The number of nitrogens with zero attached hydrogens (tertiary/aromatic N) is 4. The van der Waals surface area contributed by atoms with Gasteiger partial charge in [-0.15, -0.1) is 0 Å². The summed E-state index contributed by atoms with van der Waals surface area (Å²) in [4.78, 5) is 6.75. The van der Waals surface area contributed by atoms with Crippen LogP contribution in [-0.2, 0) is 16.5 Å². The highest BCUT2D eigenvalue weighted by Gasteiger charge is 2.34. The van der Waals surface area contributed by atoms with Gasteiger partial charge in [0, 0.05) is 33.4 Å². The van der Waals surface area contributed by atoms with Gasteiger partial charge >= 0.3 is 0 Å². The van der Waals surface area contributed by atoms with Gasteiger partial charge in [-0.2, -0.15) is 5.10 Å². The molecule has 3 rings (SSSR count). The molecular formula is C15H22N4O2. The average Bonchev–Trinajstić information content (AvgIpc) is 2.79. The topological polar surface area (TPSA) is 52.4 Å². The lowest BCUT2D eigenvalue weighted by Crippen LogP contribution is -2.54. The van der Waals surface area contributed by atoms with Gasteiger partial charge in [0.2, 0.25) is 0 Å². The molecule has 1 aliphatic heterocycles. The molecule has 0 unspecified atom stereocenters. The van der Waals surface area contributed by atoms with Gasteiger partial charge in [0.15, 0.2) is 5.65 Å². The Morgan fingerprint density at radius 2 is 2.29 bits per heavy atom. The molecule has 6 nitrogen and oxygen atoms in total. The molecule has 114 valence electrons. The van der Waals surface area contributed by atoms with Crippen LogP contribution >= 0.6 is 0 Å². The molecule has 1 aliphatic rings. The molecule has 0 radical (unpaired) electrons. The minimum Gasteiger partial charge on any atom is -0.382 e. The van der Waals surface area contributed by atoms with Crippen LogP contribution in [0, 0.1) is 0 Å². The zero-order chi connectivity index (χ0) is 15.0. The molecular weight excluding hydrogens is 268 g/mol. The number of aryl methyl sites for hydroxylation is 1. The summed E-state index contributed by atoms with van der Waals surface area (Å²) in [6.07, 6.45) is 3.79. The van der Waals surface area contributed by atoms with E-state index in [1.165, 1.54) is 0 Å². The van der Waals surface area contributed by atoms with Gasteiger partial charge < -0.3 is 14.4 Å². The standard InChI is InChI=1S/C15H22N4O2/c1-15(2)10-19(8-11(21-15)9-20-4)13-5-6-16-14-12(13)7-17-18(14)3/h5-7,11H,8-10H2,1-4H3/t11-/m1/s1. The second kappa shape index (κ2) is 5.27. The smallest absolute Gasteiger partial charge is 0.159 e. The first-order valence-electron chi connectivity index (χ1n) is 7.18. The number of rotatable bonds is 3. The highest BCUT2D eigenvalue weighted by molar-refractivity contribution is 5.89. The fourth-order valence-corrected chi connectivity index (χ4v) is 3.06. The number of aromatic nitrogens is 3. The van der Waals surface area contributed by atoms with E-state index in [9.17, 15) is 0 Å². The minimum absolute atomic E-state index is 0.0682. The molecule has 1 fully saturated rings. The lowest BCUT2D eigenvalue weighted by molar-refractivity contribution is -0.106. The van der Waals surface area contributed by atoms with Gasteiger partial charge in [-0.1, -0.05) is 0 Å². The Kier molecular flexibility index (Phi) is 3.59. The Hall–Kier alpha value is -1.66. The molecule has 0 saturated carbocycles. The van der Waals surface area contributed by atoms with Crippen molar-refractivity contribution >= 4 is 16.7 Å². The van der Waals surface area contributed by atoms with Crippen LogP contribution < -0.4 is 4.90 Å². The van der Waals surface area contributed by atoms with E-state index in [4.69, 9.17) is 9.47 Å². The highest BCUT2D eigenvalue weighted by Crippen LogP contribution is 2.30. The van der Waals surface area contributed by atoms with Crippen molar-refractivity contribution in [3.63, 3.8) is 0 Å². The Bertz CT molecular complexity index is 638. The normalized spacial score (nSPS) is 21.9. The largest absolute Gasteiger partial charge is 0.382 e. The summed E-state index contributed by atoms with van der Waals surface area (Å²) >= 11 is 0. The third kappa shape index (κ3) is 2.73. The Balaban J connectivity index is 1.97. The molecule has 2 aromatic rings. The second-order valence-electron chi connectivity index (χ2n) is 6.17. The van der Waals surface area contributed by atoms with Crippen molar-refractivity contribution in [1.29, 1.82) is 0 Å². The molecule has 0 N–H and O–H groups in total. The van der Waals surface area contributed by atoms with E-state index in [0.29, 0.717) is 6.61 Å². The maximum atomic E-state index is 6.08. The van der Waals surface area contributed by atoms with Crippen LogP contribution in [0.1, 0.15) is 13.8 Å². The van der Waals surface area contributed by atoms with Crippen LogP contribution in [0.25, 0.3) is 11.0 Å². The van der Waals surface area contributed by atoms with Crippen LogP contribution in [0.15, 0.2) is 18.5 Å². The van der Waals surface area contributed by atoms with Crippen molar-refractivity contribution in [1.82, 2.24) is 14.8 Å². The number of fused-ring (bicyclic) bond motifs is 1. The van der Waals surface area contributed by atoms with Crippen LogP contribution in [0.5, 0.6) is 0 Å². The fourth-order valence-electron chi connectivity index (χ4n) is 3.06. The number of anilines is 1. The van der Waals surface area contributed by atoms with Gasteiger partial charge in [0.1, 0.15) is 0 Å². The van der Waals surface area contributed by atoms with Crippen LogP contribution in [0.3, 0.4) is 0 Å². The number of ether oxygens (including phenoxy) is 2. The lowest BCUT2D eigenvalue weighted by Gasteiger charge is -2.43. The molecule has 3 heterocycles. The number of pyridine rings is 1. The predicted molar refractivity (Wildman–Crippen MR) is 81.6 cm³/mol. The lowest BCUT2D eigenvalue weighted by atomic mass is 10.0.